The summed E-state index contributed by atoms with van der Waals surface area (Å²) in [5.41, 5.74) is 2.17. The van der Waals surface area contributed by atoms with Crippen molar-refractivity contribution in [1.29, 1.82) is 0 Å². The molecule has 0 aliphatic carbocycles. The van der Waals surface area contributed by atoms with Gasteiger partial charge in [0.1, 0.15) is 13.2 Å². The number of hydrogen-bond donors (Lipinski definition) is 1. The van der Waals surface area contributed by atoms with Gasteiger partial charge in [0.05, 0.1) is 23.1 Å². The average Bonchev–Trinajstić information content (AvgIpc) is 2.95. The molecule has 3 rings (SSSR count). The van der Waals surface area contributed by atoms with Gasteiger partial charge in [0.2, 0.25) is 0 Å². The van der Waals surface area contributed by atoms with Crippen LogP contribution in [-0.4, -0.2) is 41.8 Å². The summed E-state index contributed by atoms with van der Waals surface area (Å²) in [6, 6.07) is 5.66. The number of aromatic amines is 1. The molecule has 0 fully saturated rings. The van der Waals surface area contributed by atoms with E-state index in [0.29, 0.717) is 48.1 Å². The normalized spacial score (nSPS) is 13.9. The lowest BCUT2D eigenvalue weighted by Crippen LogP contribution is -2.16. The van der Waals surface area contributed by atoms with E-state index in [1.54, 1.807) is 20.8 Å². The Kier molecular flexibility index (Phi) is 5.79. The number of Topliss-reactive ketones (excluding diaryl/α,β-unsaturated/α-hetero) is 1. The van der Waals surface area contributed by atoms with Gasteiger partial charge in [0.15, 0.2) is 17.3 Å². The molecule has 1 aromatic carbocycles. The van der Waals surface area contributed by atoms with E-state index in [9.17, 15) is 9.59 Å². The van der Waals surface area contributed by atoms with Crippen LogP contribution in [0.5, 0.6) is 11.5 Å². The molecule has 1 aromatic heterocycles. The van der Waals surface area contributed by atoms with E-state index in [0.717, 1.165) is 10.6 Å². The standard InChI is InChI=1S/C20H23NO5S/c1-5-24-20(23)17-11(2)18(21-12(17)3)19(22)13(4)27-14-6-7-15-16(10-14)26-9-8-25-15/h6-7,10,13,21H,5,8-9H2,1-4H3. The number of hydrogen-bond acceptors (Lipinski definition) is 6. The number of thioether (sulfide) groups is 1. The lowest BCUT2D eigenvalue weighted by Gasteiger charge is -2.19. The maximum Gasteiger partial charge on any atom is 0.340 e. The Morgan fingerprint density at radius 1 is 1.22 bits per heavy atom. The fourth-order valence-electron chi connectivity index (χ4n) is 3.06. The van der Waals surface area contributed by atoms with E-state index >= 15 is 0 Å². The molecule has 7 heteroatoms. The van der Waals surface area contributed by atoms with Gasteiger partial charge in [-0.1, -0.05) is 0 Å². The van der Waals surface area contributed by atoms with Crippen LogP contribution in [0.2, 0.25) is 0 Å². The summed E-state index contributed by atoms with van der Waals surface area (Å²) >= 11 is 1.44. The van der Waals surface area contributed by atoms with Crippen LogP contribution in [0.4, 0.5) is 0 Å². The van der Waals surface area contributed by atoms with Crippen molar-refractivity contribution in [1.82, 2.24) is 4.98 Å². The van der Waals surface area contributed by atoms with Crippen molar-refractivity contribution in [2.75, 3.05) is 19.8 Å². The van der Waals surface area contributed by atoms with E-state index in [1.807, 2.05) is 25.1 Å². The van der Waals surface area contributed by atoms with E-state index in [1.165, 1.54) is 11.8 Å². The van der Waals surface area contributed by atoms with Gasteiger partial charge in [0, 0.05) is 10.6 Å². The average molecular weight is 389 g/mol. The van der Waals surface area contributed by atoms with Crippen molar-refractivity contribution in [2.24, 2.45) is 0 Å². The summed E-state index contributed by atoms with van der Waals surface area (Å²) in [5.74, 6) is 0.947. The number of carbonyl (C=O) groups is 2. The van der Waals surface area contributed by atoms with Crippen molar-refractivity contribution >= 4 is 23.5 Å². The molecule has 1 aliphatic rings. The van der Waals surface area contributed by atoms with Crippen molar-refractivity contribution < 1.29 is 23.8 Å². The zero-order chi connectivity index (χ0) is 19.6. The Morgan fingerprint density at radius 3 is 2.63 bits per heavy atom. The molecule has 0 spiro atoms. The second kappa shape index (κ2) is 8.08. The number of nitrogens with one attached hydrogen (secondary N) is 1. The lowest BCUT2D eigenvalue weighted by atomic mass is 10.1. The van der Waals surface area contributed by atoms with Crippen LogP contribution in [0.1, 0.15) is 46.0 Å². The number of benzene rings is 1. The molecule has 1 N–H and O–H groups in total. The van der Waals surface area contributed by atoms with Gasteiger partial charge in [-0.25, -0.2) is 4.79 Å². The molecule has 0 saturated heterocycles. The van der Waals surface area contributed by atoms with Crippen molar-refractivity contribution in [3.05, 3.63) is 40.7 Å². The molecule has 0 radical (unpaired) electrons. The number of rotatable bonds is 6. The number of ketones is 1. The molecule has 1 atom stereocenters. The summed E-state index contributed by atoms with van der Waals surface area (Å²) < 4.78 is 16.2. The minimum atomic E-state index is -0.407. The maximum absolute atomic E-state index is 12.9. The van der Waals surface area contributed by atoms with E-state index in [-0.39, 0.29) is 11.0 Å². The Labute approximate surface area is 162 Å². The third-order valence-electron chi connectivity index (χ3n) is 4.36. The van der Waals surface area contributed by atoms with Crippen molar-refractivity contribution in [3.8, 4) is 11.5 Å². The van der Waals surface area contributed by atoms with Gasteiger partial charge in [-0.15, -0.1) is 11.8 Å². The minimum Gasteiger partial charge on any atom is -0.486 e. The first-order valence-electron chi connectivity index (χ1n) is 8.89. The molecule has 0 amide bonds. The fraction of sp³-hybridized carbons (Fsp3) is 0.400. The van der Waals surface area contributed by atoms with Gasteiger partial charge in [0.25, 0.3) is 0 Å². The number of aromatic nitrogens is 1. The molecule has 144 valence electrons. The number of fused-ring (bicyclic) bond motifs is 1. The monoisotopic (exact) mass is 389 g/mol. The van der Waals surface area contributed by atoms with Crippen molar-refractivity contribution in [2.45, 2.75) is 37.8 Å². The van der Waals surface area contributed by atoms with Crippen LogP contribution >= 0.6 is 11.8 Å². The Morgan fingerprint density at radius 2 is 1.93 bits per heavy atom. The van der Waals surface area contributed by atoms with Crippen LogP contribution in [0.25, 0.3) is 0 Å². The highest BCUT2D eigenvalue weighted by molar-refractivity contribution is 8.00. The number of esters is 1. The minimum absolute atomic E-state index is 0.0639. The fourth-order valence-corrected chi connectivity index (χ4v) is 4.02. The number of H-pyrrole nitrogens is 1. The molecular weight excluding hydrogens is 366 g/mol. The Balaban J connectivity index is 1.78. The quantitative estimate of drug-likeness (QED) is 0.458. The van der Waals surface area contributed by atoms with Gasteiger partial charge < -0.3 is 19.2 Å². The Hall–Kier alpha value is -2.41. The summed E-state index contributed by atoms with van der Waals surface area (Å²) in [4.78, 5) is 29.1. The van der Waals surface area contributed by atoms with E-state index in [4.69, 9.17) is 14.2 Å². The zero-order valence-corrected chi connectivity index (χ0v) is 16.7. The second-order valence-corrected chi connectivity index (χ2v) is 7.69. The summed E-state index contributed by atoms with van der Waals surface area (Å²) in [7, 11) is 0. The number of aryl methyl sites for hydroxylation is 1. The first kappa shape index (κ1) is 19.4. The summed E-state index contributed by atoms with van der Waals surface area (Å²) in [6.45, 7) is 8.51. The van der Waals surface area contributed by atoms with Crippen LogP contribution in [0, 0.1) is 13.8 Å². The molecule has 1 unspecified atom stereocenters. The highest BCUT2D eigenvalue weighted by atomic mass is 32.2. The molecule has 0 bridgehead atoms. The van der Waals surface area contributed by atoms with Gasteiger partial charge in [-0.2, -0.15) is 0 Å². The van der Waals surface area contributed by atoms with Crippen LogP contribution in [0.15, 0.2) is 23.1 Å². The first-order valence-corrected chi connectivity index (χ1v) is 9.77. The molecule has 0 saturated carbocycles. The molecule has 2 heterocycles. The van der Waals surface area contributed by atoms with Crippen molar-refractivity contribution in [3.63, 3.8) is 0 Å². The molecule has 6 nitrogen and oxygen atoms in total. The van der Waals surface area contributed by atoms with Gasteiger partial charge >= 0.3 is 5.97 Å². The van der Waals surface area contributed by atoms with E-state index < -0.39 is 5.97 Å². The molecule has 1 aliphatic heterocycles. The van der Waals surface area contributed by atoms with E-state index in [2.05, 4.69) is 4.98 Å². The predicted molar refractivity (Wildman–Crippen MR) is 103 cm³/mol. The molecule has 27 heavy (non-hydrogen) atoms. The number of ether oxygens (including phenoxy) is 3. The summed E-state index contributed by atoms with van der Waals surface area (Å²) in [5, 5.41) is -0.334. The smallest absolute Gasteiger partial charge is 0.340 e. The van der Waals surface area contributed by atoms with Gasteiger partial charge in [-0.3, -0.25) is 4.79 Å². The topological polar surface area (TPSA) is 77.6 Å². The summed E-state index contributed by atoms with van der Waals surface area (Å²) in [6.07, 6.45) is 0. The largest absolute Gasteiger partial charge is 0.486 e. The molecular formula is C20H23NO5S. The zero-order valence-electron chi connectivity index (χ0n) is 15.9. The Bertz CT molecular complexity index is 873. The third-order valence-corrected chi connectivity index (χ3v) is 5.45. The number of carbonyl (C=O) groups excluding carboxylic acids is 2. The van der Waals surface area contributed by atoms with Crippen LogP contribution in [0.3, 0.4) is 0 Å². The second-order valence-electron chi connectivity index (χ2n) is 6.28. The lowest BCUT2D eigenvalue weighted by molar-refractivity contribution is 0.0525. The first-order chi connectivity index (χ1) is 12.9. The van der Waals surface area contributed by atoms with Crippen LogP contribution in [-0.2, 0) is 4.74 Å². The molecule has 2 aromatic rings. The van der Waals surface area contributed by atoms with Crippen LogP contribution < -0.4 is 9.47 Å². The van der Waals surface area contributed by atoms with Gasteiger partial charge in [-0.05, 0) is 51.5 Å². The third kappa shape index (κ3) is 3.98. The predicted octanol–water partition coefficient (Wildman–Crippen LogP) is 3.94. The highest BCUT2D eigenvalue weighted by Gasteiger charge is 2.26. The SMILES string of the molecule is CCOC(=O)c1c(C)[nH]c(C(=O)C(C)Sc2ccc3c(c2)OCCO3)c1C. The maximum atomic E-state index is 12.9. The highest BCUT2D eigenvalue weighted by Crippen LogP contribution is 2.36.